The summed E-state index contributed by atoms with van der Waals surface area (Å²) in [6.45, 7) is 0. The molecule has 0 aliphatic rings. The average Bonchev–Trinajstić information content (AvgIpc) is 2.65. The van der Waals surface area contributed by atoms with Crippen molar-refractivity contribution in [1.29, 1.82) is 5.26 Å². The molecule has 15 heavy (non-hydrogen) atoms. The molecule has 0 saturated heterocycles. The van der Waals surface area contributed by atoms with E-state index < -0.39 is 0 Å². The third-order valence-electron chi connectivity index (χ3n) is 1.87. The van der Waals surface area contributed by atoms with Crippen LogP contribution in [0.15, 0.2) is 32.8 Å². The van der Waals surface area contributed by atoms with Crippen LogP contribution in [0.25, 0.3) is 10.6 Å². The molecule has 0 bridgehead atoms. The van der Waals surface area contributed by atoms with Crippen LogP contribution in [0.3, 0.4) is 0 Å². The molecular weight excluding hydrogens is 276 g/mol. The zero-order valence-electron chi connectivity index (χ0n) is 7.45. The summed E-state index contributed by atoms with van der Waals surface area (Å²) in [6.07, 6.45) is 0. The summed E-state index contributed by atoms with van der Waals surface area (Å²) in [5.41, 5.74) is 0.517. The summed E-state index contributed by atoms with van der Waals surface area (Å²) in [7, 11) is 0. The molecule has 0 radical (unpaired) electrons. The maximum atomic E-state index is 11.4. The third-order valence-corrected chi connectivity index (χ3v) is 3.53. The molecule has 0 unspecified atom stereocenters. The maximum Gasteiger partial charge on any atom is 0.266 e. The molecule has 0 aromatic carbocycles. The van der Waals surface area contributed by atoms with Crippen molar-refractivity contribution < 1.29 is 0 Å². The molecule has 0 atom stereocenters. The van der Waals surface area contributed by atoms with Crippen LogP contribution in [-0.2, 0) is 0 Å². The topological polar surface area (TPSA) is 56.6 Å². The first-order valence-electron chi connectivity index (χ1n) is 4.10. The second kappa shape index (κ2) is 4.01. The molecule has 2 aromatic heterocycles. The first kappa shape index (κ1) is 10.1. The highest BCUT2D eigenvalue weighted by molar-refractivity contribution is 9.11. The smallest absolute Gasteiger partial charge is 0.266 e. The van der Waals surface area contributed by atoms with Crippen molar-refractivity contribution in [2.45, 2.75) is 0 Å². The SMILES string of the molecule is N#Cc1ccc(-c2ccc(Br)s2)[nH]c1=O. The molecule has 2 aromatic rings. The summed E-state index contributed by atoms with van der Waals surface area (Å²) >= 11 is 4.88. The summed E-state index contributed by atoms with van der Waals surface area (Å²) in [4.78, 5) is 15.0. The number of nitriles is 1. The van der Waals surface area contributed by atoms with Crippen LogP contribution < -0.4 is 5.56 Å². The van der Waals surface area contributed by atoms with Crippen molar-refractivity contribution in [2.75, 3.05) is 0 Å². The minimum absolute atomic E-state index is 0.134. The molecule has 2 heterocycles. The van der Waals surface area contributed by atoms with Crippen molar-refractivity contribution in [2.24, 2.45) is 0 Å². The predicted molar refractivity (Wildman–Crippen MR) is 62.8 cm³/mol. The Morgan fingerprint density at radius 1 is 1.33 bits per heavy atom. The van der Waals surface area contributed by atoms with E-state index in [-0.39, 0.29) is 11.1 Å². The Morgan fingerprint density at radius 3 is 2.67 bits per heavy atom. The summed E-state index contributed by atoms with van der Waals surface area (Å²) < 4.78 is 1.00. The van der Waals surface area contributed by atoms with E-state index in [1.54, 1.807) is 6.07 Å². The van der Waals surface area contributed by atoms with Crippen molar-refractivity contribution in [3.8, 4) is 16.6 Å². The van der Waals surface area contributed by atoms with Crippen molar-refractivity contribution in [3.63, 3.8) is 0 Å². The normalized spacial score (nSPS) is 9.87. The van der Waals surface area contributed by atoms with E-state index in [1.807, 2.05) is 18.2 Å². The zero-order valence-corrected chi connectivity index (χ0v) is 9.85. The van der Waals surface area contributed by atoms with Crippen LogP contribution in [0, 0.1) is 11.3 Å². The van der Waals surface area contributed by atoms with Gasteiger partial charge in [0.25, 0.3) is 5.56 Å². The molecule has 74 valence electrons. The Morgan fingerprint density at radius 2 is 2.13 bits per heavy atom. The quantitative estimate of drug-likeness (QED) is 0.873. The number of nitrogens with zero attached hydrogens (tertiary/aromatic N) is 1. The first-order chi connectivity index (χ1) is 7.20. The number of pyridine rings is 1. The third kappa shape index (κ3) is 2.01. The lowest BCUT2D eigenvalue weighted by Crippen LogP contribution is -2.09. The van der Waals surface area contributed by atoms with E-state index >= 15 is 0 Å². The van der Waals surface area contributed by atoms with Gasteiger partial charge < -0.3 is 4.98 Å². The second-order valence-corrected chi connectivity index (χ2v) is 5.29. The van der Waals surface area contributed by atoms with E-state index in [1.165, 1.54) is 17.4 Å². The Kier molecular flexibility index (Phi) is 2.71. The lowest BCUT2D eigenvalue weighted by atomic mass is 10.2. The molecule has 0 amide bonds. The number of H-pyrrole nitrogens is 1. The van der Waals surface area contributed by atoms with E-state index in [9.17, 15) is 4.79 Å². The largest absolute Gasteiger partial charge is 0.320 e. The highest BCUT2D eigenvalue weighted by atomic mass is 79.9. The van der Waals surface area contributed by atoms with Crippen LogP contribution in [-0.4, -0.2) is 4.98 Å². The number of hydrogen-bond acceptors (Lipinski definition) is 3. The van der Waals surface area contributed by atoms with Gasteiger partial charge in [0.15, 0.2) is 0 Å². The molecule has 2 rings (SSSR count). The Hall–Kier alpha value is -1.38. The Labute approximate surface area is 98.1 Å². The van der Waals surface area contributed by atoms with Gasteiger partial charge in [-0.15, -0.1) is 11.3 Å². The van der Waals surface area contributed by atoms with E-state index in [0.717, 1.165) is 14.4 Å². The second-order valence-electron chi connectivity index (χ2n) is 2.83. The highest BCUT2D eigenvalue weighted by Gasteiger charge is 2.04. The molecular formula is C10H5BrN2OS. The number of hydrogen-bond donors (Lipinski definition) is 1. The van der Waals surface area contributed by atoms with Crippen LogP contribution >= 0.6 is 27.3 Å². The lowest BCUT2D eigenvalue weighted by molar-refractivity contribution is 1.22. The van der Waals surface area contributed by atoms with Gasteiger partial charge in [-0.2, -0.15) is 5.26 Å². The summed E-state index contributed by atoms with van der Waals surface area (Å²) in [5.74, 6) is 0. The Balaban J connectivity index is 2.53. The minimum Gasteiger partial charge on any atom is -0.320 e. The van der Waals surface area contributed by atoms with Gasteiger partial charge in [-0.3, -0.25) is 4.79 Å². The van der Waals surface area contributed by atoms with Crippen molar-refractivity contribution in [1.82, 2.24) is 4.98 Å². The molecule has 0 aliphatic carbocycles. The first-order valence-corrected chi connectivity index (χ1v) is 5.71. The fourth-order valence-electron chi connectivity index (χ4n) is 1.16. The zero-order chi connectivity index (χ0) is 10.8. The van der Waals surface area contributed by atoms with Gasteiger partial charge in [0, 0.05) is 0 Å². The number of rotatable bonds is 1. The standard InChI is InChI=1S/C10H5BrN2OS/c11-9-4-3-8(15-9)7-2-1-6(5-12)10(14)13-7/h1-4H,(H,13,14). The summed E-state index contributed by atoms with van der Waals surface area (Å²) in [5, 5.41) is 8.61. The molecule has 0 aliphatic heterocycles. The van der Waals surface area contributed by atoms with Gasteiger partial charge in [-0.1, -0.05) is 0 Å². The fraction of sp³-hybridized carbons (Fsp3) is 0. The maximum absolute atomic E-state index is 11.4. The number of thiophene rings is 1. The van der Waals surface area contributed by atoms with Gasteiger partial charge in [-0.25, -0.2) is 0 Å². The van der Waals surface area contributed by atoms with Gasteiger partial charge in [0.2, 0.25) is 0 Å². The van der Waals surface area contributed by atoms with Crippen molar-refractivity contribution >= 4 is 27.3 Å². The molecule has 1 N–H and O–H groups in total. The summed E-state index contributed by atoms with van der Waals surface area (Å²) in [6, 6.07) is 8.92. The van der Waals surface area contributed by atoms with Crippen LogP contribution in [0.1, 0.15) is 5.56 Å². The highest BCUT2D eigenvalue weighted by Crippen LogP contribution is 2.29. The predicted octanol–water partition coefficient (Wildman–Crippen LogP) is 2.74. The monoisotopic (exact) mass is 280 g/mol. The van der Waals surface area contributed by atoms with E-state index in [4.69, 9.17) is 5.26 Å². The van der Waals surface area contributed by atoms with Gasteiger partial charge in [0.1, 0.15) is 11.6 Å². The number of halogens is 1. The number of nitrogens with one attached hydrogen (secondary N) is 1. The van der Waals surface area contributed by atoms with Gasteiger partial charge in [0.05, 0.1) is 14.4 Å². The fourth-order valence-corrected chi connectivity index (χ4v) is 2.53. The average molecular weight is 281 g/mol. The molecule has 0 spiro atoms. The van der Waals surface area contributed by atoms with Crippen LogP contribution in [0.5, 0.6) is 0 Å². The van der Waals surface area contributed by atoms with Gasteiger partial charge >= 0.3 is 0 Å². The number of aromatic amines is 1. The molecule has 0 fully saturated rings. The van der Waals surface area contributed by atoms with Crippen LogP contribution in [0.4, 0.5) is 0 Å². The minimum atomic E-state index is -0.348. The Bertz CT molecular complexity index is 594. The molecule has 0 saturated carbocycles. The van der Waals surface area contributed by atoms with Gasteiger partial charge in [-0.05, 0) is 40.2 Å². The van der Waals surface area contributed by atoms with E-state index in [0.29, 0.717) is 0 Å². The van der Waals surface area contributed by atoms with Crippen molar-refractivity contribution in [3.05, 3.63) is 44.0 Å². The van der Waals surface area contributed by atoms with Crippen LogP contribution in [0.2, 0.25) is 0 Å². The molecule has 3 nitrogen and oxygen atoms in total. The van der Waals surface area contributed by atoms with E-state index in [2.05, 4.69) is 20.9 Å². The molecule has 5 heteroatoms. The number of aromatic nitrogens is 1. The lowest BCUT2D eigenvalue weighted by Gasteiger charge is -1.96.